The molecular weight excluding hydrogens is 401 g/mol. The zero-order valence-corrected chi connectivity index (χ0v) is 15.3. The summed E-state index contributed by atoms with van der Waals surface area (Å²) in [6.07, 6.45) is 2.17. The lowest BCUT2D eigenvalue weighted by atomic mass is 10.1. The van der Waals surface area contributed by atoms with E-state index in [4.69, 9.17) is 11.6 Å². The van der Waals surface area contributed by atoms with Gasteiger partial charge in [-0.15, -0.1) is 24.0 Å². The van der Waals surface area contributed by atoms with Gasteiger partial charge in [0.15, 0.2) is 5.96 Å². The van der Waals surface area contributed by atoms with Crippen molar-refractivity contribution in [2.75, 3.05) is 19.7 Å². The maximum absolute atomic E-state index is 9.32. The Hall–Kier alpha value is -0.530. The van der Waals surface area contributed by atoms with E-state index in [1.165, 1.54) is 0 Å². The Bertz CT molecular complexity index is 478. The van der Waals surface area contributed by atoms with Gasteiger partial charge in [0.05, 0.1) is 13.2 Å². The average molecular weight is 424 g/mol. The second-order valence-electron chi connectivity index (χ2n) is 5.34. The molecule has 3 N–H and O–H groups in total. The summed E-state index contributed by atoms with van der Waals surface area (Å²) in [6.45, 7) is 4.45. The van der Waals surface area contributed by atoms with Crippen LogP contribution in [-0.2, 0) is 6.54 Å². The number of benzene rings is 1. The Morgan fingerprint density at radius 1 is 1.38 bits per heavy atom. The molecule has 0 aliphatic heterocycles. The van der Waals surface area contributed by atoms with E-state index in [-0.39, 0.29) is 36.0 Å². The molecule has 1 aromatic carbocycles. The third-order valence-corrected chi connectivity index (χ3v) is 3.81. The summed E-state index contributed by atoms with van der Waals surface area (Å²) in [4.78, 5) is 4.54. The van der Waals surface area contributed by atoms with E-state index in [2.05, 4.69) is 15.6 Å². The first-order valence-electron chi connectivity index (χ1n) is 7.05. The van der Waals surface area contributed by atoms with E-state index in [9.17, 15) is 5.11 Å². The number of hydrogen-bond donors (Lipinski definition) is 3. The van der Waals surface area contributed by atoms with Crippen LogP contribution in [0.2, 0.25) is 5.02 Å². The van der Waals surface area contributed by atoms with Crippen molar-refractivity contribution in [1.82, 2.24) is 10.6 Å². The van der Waals surface area contributed by atoms with Crippen LogP contribution < -0.4 is 10.6 Å². The lowest BCUT2D eigenvalue weighted by Gasteiger charge is -2.16. The van der Waals surface area contributed by atoms with Crippen LogP contribution in [0.25, 0.3) is 0 Å². The summed E-state index contributed by atoms with van der Waals surface area (Å²) >= 11 is 5.96. The molecule has 1 fully saturated rings. The molecule has 0 heterocycles. The van der Waals surface area contributed by atoms with Gasteiger partial charge in [-0.3, -0.25) is 0 Å². The summed E-state index contributed by atoms with van der Waals surface area (Å²) in [5.41, 5.74) is 1.16. The number of nitrogens with zero attached hydrogens (tertiary/aromatic N) is 1. The lowest BCUT2D eigenvalue weighted by molar-refractivity contribution is 0.212. The van der Waals surface area contributed by atoms with Gasteiger partial charge < -0.3 is 15.7 Å². The molecule has 4 nitrogen and oxygen atoms in total. The number of hydrogen-bond acceptors (Lipinski definition) is 2. The molecule has 1 aliphatic carbocycles. The smallest absolute Gasteiger partial charge is 0.191 e. The number of aliphatic hydroxyl groups is 1. The second-order valence-corrected chi connectivity index (χ2v) is 5.77. The van der Waals surface area contributed by atoms with Crippen LogP contribution in [-0.4, -0.2) is 30.8 Å². The fraction of sp³-hybridized carbons (Fsp3) is 0.533. The molecule has 0 bridgehead atoms. The molecule has 0 spiro atoms. The van der Waals surface area contributed by atoms with Crippen LogP contribution in [0.3, 0.4) is 0 Å². The molecule has 0 unspecified atom stereocenters. The topological polar surface area (TPSA) is 56.7 Å². The molecule has 2 rings (SSSR count). The summed E-state index contributed by atoms with van der Waals surface area (Å²) in [7, 11) is 0. The van der Waals surface area contributed by atoms with Crippen LogP contribution in [0.15, 0.2) is 29.3 Å². The van der Waals surface area contributed by atoms with Crippen molar-refractivity contribution in [1.29, 1.82) is 0 Å². The molecular formula is C15H23ClIN3O. The van der Waals surface area contributed by atoms with Crippen molar-refractivity contribution >= 4 is 41.5 Å². The molecule has 0 amide bonds. The van der Waals surface area contributed by atoms with Crippen molar-refractivity contribution in [2.24, 2.45) is 10.4 Å². The van der Waals surface area contributed by atoms with Crippen LogP contribution in [0, 0.1) is 5.41 Å². The van der Waals surface area contributed by atoms with Gasteiger partial charge in [-0.2, -0.15) is 0 Å². The molecule has 0 aromatic heterocycles. The second kappa shape index (κ2) is 8.80. The van der Waals surface area contributed by atoms with E-state index in [1.54, 1.807) is 0 Å². The van der Waals surface area contributed by atoms with Crippen molar-refractivity contribution in [2.45, 2.75) is 26.3 Å². The van der Waals surface area contributed by atoms with Crippen molar-refractivity contribution in [3.8, 4) is 0 Å². The SMILES string of the molecule is CCNC(=NCc1cccc(Cl)c1)NCC1(CO)CC1.I. The number of rotatable bonds is 6. The van der Waals surface area contributed by atoms with E-state index in [0.717, 1.165) is 42.5 Å². The number of nitrogens with one attached hydrogen (secondary N) is 2. The van der Waals surface area contributed by atoms with Crippen LogP contribution in [0.5, 0.6) is 0 Å². The molecule has 0 atom stereocenters. The highest BCUT2D eigenvalue weighted by molar-refractivity contribution is 14.0. The Morgan fingerprint density at radius 2 is 2.14 bits per heavy atom. The fourth-order valence-corrected chi connectivity index (χ4v) is 2.20. The third-order valence-electron chi connectivity index (χ3n) is 3.58. The van der Waals surface area contributed by atoms with Gasteiger partial charge in [0.2, 0.25) is 0 Å². The lowest BCUT2D eigenvalue weighted by Crippen LogP contribution is -2.41. The number of aliphatic hydroxyl groups excluding tert-OH is 1. The van der Waals surface area contributed by atoms with Crippen LogP contribution in [0.1, 0.15) is 25.3 Å². The molecule has 0 radical (unpaired) electrons. The van der Waals surface area contributed by atoms with Crippen LogP contribution in [0.4, 0.5) is 0 Å². The predicted octanol–water partition coefficient (Wildman–Crippen LogP) is 2.79. The monoisotopic (exact) mass is 423 g/mol. The van der Waals surface area contributed by atoms with Crippen molar-refractivity contribution in [3.63, 3.8) is 0 Å². The minimum atomic E-state index is 0. The first kappa shape index (κ1) is 18.5. The zero-order valence-electron chi connectivity index (χ0n) is 12.2. The quantitative estimate of drug-likeness (QED) is 0.375. The van der Waals surface area contributed by atoms with Gasteiger partial charge in [0.25, 0.3) is 0 Å². The number of halogens is 2. The first-order valence-corrected chi connectivity index (χ1v) is 7.43. The molecule has 1 aliphatic rings. The first-order chi connectivity index (χ1) is 9.67. The van der Waals surface area contributed by atoms with Gasteiger partial charge in [-0.25, -0.2) is 4.99 Å². The minimum absolute atomic E-state index is 0. The van der Waals surface area contributed by atoms with Gasteiger partial charge in [0.1, 0.15) is 0 Å². The predicted molar refractivity (Wildman–Crippen MR) is 98.4 cm³/mol. The van der Waals surface area contributed by atoms with E-state index < -0.39 is 0 Å². The Labute approximate surface area is 148 Å². The largest absolute Gasteiger partial charge is 0.396 e. The van der Waals surface area contributed by atoms with Gasteiger partial charge in [0, 0.05) is 23.5 Å². The van der Waals surface area contributed by atoms with Crippen molar-refractivity contribution < 1.29 is 5.11 Å². The molecule has 1 aromatic rings. The van der Waals surface area contributed by atoms with Gasteiger partial charge in [-0.05, 0) is 37.5 Å². The minimum Gasteiger partial charge on any atom is -0.396 e. The standard InChI is InChI=1S/C15H22ClN3O.HI/c1-2-17-14(19-10-15(11-20)6-7-15)18-9-12-4-3-5-13(16)8-12;/h3-5,8,20H,2,6-7,9-11H2,1H3,(H2,17,18,19);1H. The summed E-state index contributed by atoms with van der Waals surface area (Å²) in [5, 5.41) is 16.6. The van der Waals surface area contributed by atoms with Crippen molar-refractivity contribution in [3.05, 3.63) is 34.9 Å². The Kier molecular flexibility index (Phi) is 7.76. The maximum Gasteiger partial charge on any atom is 0.191 e. The number of aliphatic imine (C=N–C) groups is 1. The molecule has 0 saturated heterocycles. The zero-order chi connectivity index (χ0) is 14.4. The molecule has 118 valence electrons. The normalized spacial score (nSPS) is 16.0. The van der Waals surface area contributed by atoms with E-state index >= 15 is 0 Å². The summed E-state index contributed by atoms with van der Waals surface area (Å²) in [6, 6.07) is 7.72. The van der Waals surface area contributed by atoms with Crippen LogP contribution >= 0.6 is 35.6 Å². The third kappa shape index (κ3) is 6.00. The van der Waals surface area contributed by atoms with E-state index in [1.807, 2.05) is 31.2 Å². The number of guanidine groups is 1. The summed E-state index contributed by atoms with van der Waals surface area (Å²) < 4.78 is 0. The van der Waals surface area contributed by atoms with Gasteiger partial charge in [-0.1, -0.05) is 23.7 Å². The maximum atomic E-state index is 9.32. The highest BCUT2D eigenvalue weighted by Crippen LogP contribution is 2.44. The Morgan fingerprint density at radius 3 is 2.71 bits per heavy atom. The van der Waals surface area contributed by atoms with E-state index in [0.29, 0.717) is 6.54 Å². The Balaban J connectivity index is 0.00000220. The highest BCUT2D eigenvalue weighted by Gasteiger charge is 2.41. The van der Waals surface area contributed by atoms with Gasteiger partial charge >= 0.3 is 0 Å². The molecule has 21 heavy (non-hydrogen) atoms. The fourth-order valence-electron chi connectivity index (χ4n) is 1.99. The highest BCUT2D eigenvalue weighted by atomic mass is 127. The average Bonchev–Trinajstić information content (AvgIpc) is 3.23. The summed E-state index contributed by atoms with van der Waals surface area (Å²) in [5.74, 6) is 0.784. The molecule has 6 heteroatoms. The molecule has 1 saturated carbocycles.